The fourth-order valence-electron chi connectivity index (χ4n) is 3.31. The number of carbonyl (C=O) groups is 1. The normalized spacial score (nSPS) is 14.5. The number of hydrogen-bond donors (Lipinski definition) is 2. The number of imidazole rings is 1. The summed E-state index contributed by atoms with van der Waals surface area (Å²) in [6.45, 7) is 2.17. The molecule has 4 rings (SSSR count). The summed E-state index contributed by atoms with van der Waals surface area (Å²) in [6, 6.07) is 9.16. The maximum atomic E-state index is 12.4. The quantitative estimate of drug-likeness (QED) is 0.662. The molecule has 0 radical (unpaired) electrons. The maximum absolute atomic E-state index is 12.4. The molecule has 3 aromatic rings. The molecule has 1 fully saturated rings. The van der Waals surface area contributed by atoms with Crippen molar-refractivity contribution in [3.05, 3.63) is 51.2 Å². The summed E-state index contributed by atoms with van der Waals surface area (Å²) >= 11 is 0. The predicted octanol–water partition coefficient (Wildman–Crippen LogP) is 0.314. The Kier molecular flexibility index (Phi) is 4.38. The van der Waals surface area contributed by atoms with Gasteiger partial charge in [0.05, 0.1) is 0 Å². The molecule has 0 atom stereocenters. The summed E-state index contributed by atoms with van der Waals surface area (Å²) in [5.41, 5.74) is 0.552. The number of H-pyrrole nitrogens is 1. The van der Waals surface area contributed by atoms with E-state index in [-0.39, 0.29) is 6.03 Å². The Hall–Kier alpha value is -3.56. The van der Waals surface area contributed by atoms with Gasteiger partial charge in [-0.25, -0.2) is 9.59 Å². The number of carbonyl (C=O) groups excluding carboxylic acids is 1. The highest BCUT2D eigenvalue weighted by Gasteiger charge is 2.24. The number of piperazine rings is 1. The van der Waals surface area contributed by atoms with Gasteiger partial charge in [-0.2, -0.15) is 4.98 Å². The van der Waals surface area contributed by atoms with E-state index < -0.39 is 11.2 Å². The zero-order chi connectivity index (χ0) is 19.8. The molecule has 1 aromatic carbocycles. The fraction of sp³-hybridized carbons (Fsp3) is 0.333. The number of rotatable bonds is 2. The number of aromatic nitrogens is 4. The fourth-order valence-corrected chi connectivity index (χ4v) is 3.31. The minimum atomic E-state index is -0.419. The van der Waals surface area contributed by atoms with Crippen LogP contribution in [-0.2, 0) is 14.1 Å². The molecule has 1 aliphatic heterocycles. The Morgan fingerprint density at radius 1 is 1.04 bits per heavy atom. The Morgan fingerprint density at radius 2 is 1.71 bits per heavy atom. The molecule has 1 saturated heterocycles. The van der Waals surface area contributed by atoms with Crippen molar-refractivity contribution in [2.45, 2.75) is 0 Å². The van der Waals surface area contributed by atoms with Gasteiger partial charge in [0.25, 0.3) is 5.56 Å². The molecule has 3 heterocycles. The number of nitrogens with zero attached hydrogens (tertiary/aromatic N) is 5. The van der Waals surface area contributed by atoms with Crippen molar-refractivity contribution in [3.63, 3.8) is 0 Å². The lowest BCUT2D eigenvalue weighted by atomic mass is 10.3. The van der Waals surface area contributed by atoms with E-state index in [2.05, 4.69) is 15.3 Å². The Bertz CT molecular complexity index is 1140. The average Bonchev–Trinajstić information content (AvgIpc) is 3.17. The van der Waals surface area contributed by atoms with Crippen LogP contribution in [0.1, 0.15) is 0 Å². The second-order valence-electron chi connectivity index (χ2n) is 6.74. The van der Waals surface area contributed by atoms with Crippen LogP contribution in [0.15, 0.2) is 39.9 Å². The third kappa shape index (κ3) is 3.02. The minimum Gasteiger partial charge on any atom is -0.339 e. The Labute approximate surface area is 160 Å². The van der Waals surface area contributed by atoms with Gasteiger partial charge in [0, 0.05) is 46.0 Å². The lowest BCUT2D eigenvalue weighted by molar-refractivity contribution is 0.208. The SMILES string of the molecule is Cn1c(=O)c2[nH]c(N3CCN(C(=O)Nc4ccccc4)CC3)nc2n(C)c1=O. The van der Waals surface area contributed by atoms with Crippen molar-refractivity contribution in [3.8, 4) is 0 Å². The van der Waals surface area contributed by atoms with E-state index in [4.69, 9.17) is 0 Å². The molecule has 1 aliphatic rings. The molecular weight excluding hydrogens is 362 g/mol. The molecule has 0 unspecified atom stereocenters. The van der Waals surface area contributed by atoms with Gasteiger partial charge in [-0.05, 0) is 12.1 Å². The zero-order valence-corrected chi connectivity index (χ0v) is 15.7. The van der Waals surface area contributed by atoms with Gasteiger partial charge in [0.2, 0.25) is 5.95 Å². The van der Waals surface area contributed by atoms with Crippen molar-refractivity contribution >= 4 is 28.8 Å². The number of aryl methyl sites for hydroxylation is 1. The van der Waals surface area contributed by atoms with Gasteiger partial charge in [-0.15, -0.1) is 0 Å². The van der Waals surface area contributed by atoms with E-state index in [9.17, 15) is 14.4 Å². The largest absolute Gasteiger partial charge is 0.339 e. The van der Waals surface area contributed by atoms with Gasteiger partial charge < -0.3 is 20.1 Å². The van der Waals surface area contributed by atoms with E-state index in [0.29, 0.717) is 43.3 Å². The van der Waals surface area contributed by atoms with Crippen LogP contribution in [0.25, 0.3) is 11.2 Å². The first kappa shape index (κ1) is 17.8. The number of amides is 2. The highest BCUT2D eigenvalue weighted by molar-refractivity contribution is 5.89. The summed E-state index contributed by atoms with van der Waals surface area (Å²) in [6.07, 6.45) is 0. The van der Waals surface area contributed by atoms with Crippen molar-refractivity contribution < 1.29 is 4.79 Å². The molecule has 10 nitrogen and oxygen atoms in total. The molecule has 10 heteroatoms. The molecule has 2 N–H and O–H groups in total. The number of benzene rings is 1. The number of urea groups is 1. The van der Waals surface area contributed by atoms with E-state index in [1.807, 2.05) is 35.2 Å². The summed E-state index contributed by atoms with van der Waals surface area (Å²) < 4.78 is 2.40. The molecule has 2 aromatic heterocycles. The molecule has 0 saturated carbocycles. The topological polar surface area (TPSA) is 108 Å². The van der Waals surface area contributed by atoms with Crippen LogP contribution in [0, 0.1) is 0 Å². The number of fused-ring (bicyclic) bond motifs is 1. The second kappa shape index (κ2) is 6.87. The Morgan fingerprint density at radius 3 is 2.39 bits per heavy atom. The van der Waals surface area contributed by atoms with Crippen LogP contribution in [-0.4, -0.2) is 56.2 Å². The second-order valence-corrected chi connectivity index (χ2v) is 6.74. The number of hydrogen-bond acceptors (Lipinski definition) is 5. The van der Waals surface area contributed by atoms with Crippen LogP contribution in [0.2, 0.25) is 0 Å². The summed E-state index contributed by atoms with van der Waals surface area (Å²) in [4.78, 5) is 48.0. The van der Waals surface area contributed by atoms with E-state index >= 15 is 0 Å². The van der Waals surface area contributed by atoms with Crippen LogP contribution in [0.3, 0.4) is 0 Å². The molecule has 146 valence electrons. The molecule has 0 spiro atoms. The van der Waals surface area contributed by atoms with Crippen molar-refractivity contribution in [2.75, 3.05) is 36.4 Å². The van der Waals surface area contributed by atoms with Crippen LogP contribution < -0.4 is 21.5 Å². The van der Waals surface area contributed by atoms with E-state index in [1.165, 1.54) is 11.6 Å². The van der Waals surface area contributed by atoms with Gasteiger partial charge in [-0.3, -0.25) is 13.9 Å². The van der Waals surface area contributed by atoms with Gasteiger partial charge in [0.15, 0.2) is 11.2 Å². The maximum Gasteiger partial charge on any atom is 0.332 e. The van der Waals surface area contributed by atoms with Gasteiger partial charge in [0.1, 0.15) is 0 Å². The molecule has 0 aliphatic carbocycles. The summed E-state index contributed by atoms with van der Waals surface area (Å²) in [7, 11) is 3.02. The van der Waals surface area contributed by atoms with E-state index in [1.54, 1.807) is 11.9 Å². The van der Waals surface area contributed by atoms with E-state index in [0.717, 1.165) is 10.3 Å². The number of nitrogens with one attached hydrogen (secondary N) is 2. The van der Waals surface area contributed by atoms with Gasteiger partial charge >= 0.3 is 11.7 Å². The van der Waals surface area contributed by atoms with Crippen molar-refractivity contribution in [2.24, 2.45) is 14.1 Å². The lowest BCUT2D eigenvalue weighted by Crippen LogP contribution is -2.50. The minimum absolute atomic E-state index is 0.147. The van der Waals surface area contributed by atoms with Crippen LogP contribution >= 0.6 is 0 Å². The highest BCUT2D eigenvalue weighted by atomic mass is 16.2. The Balaban J connectivity index is 1.49. The first-order valence-electron chi connectivity index (χ1n) is 8.97. The van der Waals surface area contributed by atoms with Crippen LogP contribution in [0.5, 0.6) is 0 Å². The first-order chi connectivity index (χ1) is 13.5. The zero-order valence-electron chi connectivity index (χ0n) is 15.7. The smallest absolute Gasteiger partial charge is 0.332 e. The molecule has 2 amide bonds. The predicted molar refractivity (Wildman–Crippen MR) is 106 cm³/mol. The number of anilines is 2. The van der Waals surface area contributed by atoms with Gasteiger partial charge in [-0.1, -0.05) is 18.2 Å². The number of aromatic amines is 1. The summed E-state index contributed by atoms with van der Waals surface area (Å²) in [5.74, 6) is 0.524. The monoisotopic (exact) mass is 383 g/mol. The number of para-hydroxylation sites is 1. The molecule has 28 heavy (non-hydrogen) atoms. The molecular formula is C18H21N7O3. The van der Waals surface area contributed by atoms with Crippen molar-refractivity contribution in [1.29, 1.82) is 0 Å². The third-order valence-electron chi connectivity index (χ3n) is 4.97. The average molecular weight is 383 g/mol. The van der Waals surface area contributed by atoms with Crippen molar-refractivity contribution in [1.82, 2.24) is 24.0 Å². The highest BCUT2D eigenvalue weighted by Crippen LogP contribution is 2.16. The summed E-state index contributed by atoms with van der Waals surface area (Å²) in [5, 5.41) is 2.88. The van der Waals surface area contributed by atoms with Crippen LogP contribution in [0.4, 0.5) is 16.4 Å². The molecule has 0 bridgehead atoms. The lowest BCUT2D eigenvalue weighted by Gasteiger charge is -2.34. The first-order valence-corrected chi connectivity index (χ1v) is 8.97. The standard InChI is InChI=1S/C18H21N7O3/c1-22-14-13(15(26)23(2)18(22)28)20-16(21-14)24-8-10-25(11-9-24)17(27)19-12-6-4-3-5-7-12/h3-7H,8-11H2,1-2H3,(H,19,27)(H,20,21). The third-order valence-corrected chi connectivity index (χ3v) is 4.97.